The third-order valence-corrected chi connectivity index (χ3v) is 6.18. The largest absolute Gasteiger partial charge is 0.464 e. The number of aromatic nitrogens is 2. The zero-order chi connectivity index (χ0) is 19.8. The van der Waals surface area contributed by atoms with Crippen LogP contribution in [0, 0.1) is 13.8 Å². The van der Waals surface area contributed by atoms with Crippen molar-refractivity contribution in [2.75, 3.05) is 7.11 Å². The van der Waals surface area contributed by atoms with E-state index >= 15 is 0 Å². The van der Waals surface area contributed by atoms with Crippen LogP contribution in [0.2, 0.25) is 0 Å². The Bertz CT molecular complexity index is 1170. The average molecular weight is 394 g/mol. The number of carbonyl (C=O) groups excluding carboxylic acids is 1. The van der Waals surface area contributed by atoms with Gasteiger partial charge in [0.2, 0.25) is 5.89 Å². The lowest BCUT2D eigenvalue weighted by Gasteiger charge is -2.07. The molecule has 0 bridgehead atoms. The summed E-state index contributed by atoms with van der Waals surface area (Å²) in [5, 5.41) is 0. The first-order valence-electron chi connectivity index (χ1n) is 9.24. The van der Waals surface area contributed by atoms with Crippen LogP contribution < -0.4 is 0 Å². The predicted octanol–water partition coefficient (Wildman–Crippen LogP) is 5.37. The van der Waals surface area contributed by atoms with Gasteiger partial charge in [-0.1, -0.05) is 25.1 Å². The van der Waals surface area contributed by atoms with Gasteiger partial charge in [0.15, 0.2) is 0 Å². The van der Waals surface area contributed by atoms with Gasteiger partial charge in [-0.2, -0.15) is 0 Å². The molecule has 4 rings (SSSR count). The van der Waals surface area contributed by atoms with Gasteiger partial charge in [-0.15, -0.1) is 11.3 Å². The molecule has 0 aliphatic carbocycles. The van der Waals surface area contributed by atoms with Crippen LogP contribution in [0.4, 0.5) is 0 Å². The Morgan fingerprint density at radius 3 is 2.75 bits per heavy atom. The molecule has 0 aliphatic heterocycles. The Morgan fingerprint density at radius 2 is 2.04 bits per heavy atom. The van der Waals surface area contributed by atoms with Gasteiger partial charge in [0.25, 0.3) is 0 Å². The van der Waals surface area contributed by atoms with Crippen LogP contribution >= 0.6 is 11.3 Å². The standard InChI is InChI=1S/C22H22N2O3S/c1-5-15-10-18-20(28-15)11-19(22(25)26-4)24(18)12-17-14(3)27-21(23-17)16-9-7-6-8-13(16)2/h6-11H,5,12H2,1-4H3. The van der Waals surface area contributed by atoms with Crippen molar-refractivity contribution in [3.8, 4) is 11.5 Å². The van der Waals surface area contributed by atoms with Crippen LogP contribution in [0.15, 0.2) is 40.8 Å². The molecule has 3 heterocycles. The van der Waals surface area contributed by atoms with E-state index in [0.717, 1.165) is 39.2 Å². The summed E-state index contributed by atoms with van der Waals surface area (Å²) >= 11 is 1.71. The second kappa shape index (κ2) is 7.28. The number of methoxy groups -OCH3 is 1. The summed E-state index contributed by atoms with van der Waals surface area (Å²) in [6, 6.07) is 12.1. The van der Waals surface area contributed by atoms with E-state index in [1.807, 2.05) is 48.7 Å². The van der Waals surface area contributed by atoms with E-state index in [9.17, 15) is 4.79 Å². The number of rotatable bonds is 5. The Morgan fingerprint density at radius 1 is 1.25 bits per heavy atom. The number of fused-ring (bicyclic) bond motifs is 1. The summed E-state index contributed by atoms with van der Waals surface area (Å²) in [5.74, 6) is 1.01. The summed E-state index contributed by atoms with van der Waals surface area (Å²) < 4.78 is 14.0. The number of hydrogen-bond donors (Lipinski definition) is 0. The average Bonchev–Trinajstić information content (AvgIpc) is 3.35. The molecule has 0 atom stereocenters. The van der Waals surface area contributed by atoms with Crippen molar-refractivity contribution in [2.24, 2.45) is 0 Å². The van der Waals surface area contributed by atoms with Crippen LogP contribution in [0.3, 0.4) is 0 Å². The SMILES string of the molecule is CCc1cc2c(cc(C(=O)OC)n2Cc2nc(-c3ccccc3C)oc2C)s1. The normalized spacial score (nSPS) is 11.3. The van der Waals surface area contributed by atoms with Crippen LogP contribution in [0.1, 0.15) is 39.3 Å². The molecule has 0 saturated carbocycles. The summed E-state index contributed by atoms with van der Waals surface area (Å²) in [4.78, 5) is 18.3. The van der Waals surface area contributed by atoms with Crippen LogP contribution in [-0.2, 0) is 17.7 Å². The maximum absolute atomic E-state index is 12.3. The lowest BCUT2D eigenvalue weighted by molar-refractivity contribution is 0.0589. The fourth-order valence-corrected chi connectivity index (χ4v) is 4.41. The molecule has 0 N–H and O–H groups in total. The minimum Gasteiger partial charge on any atom is -0.464 e. The van der Waals surface area contributed by atoms with Crippen LogP contribution in [0.5, 0.6) is 0 Å². The minimum atomic E-state index is -0.346. The van der Waals surface area contributed by atoms with E-state index in [1.54, 1.807) is 11.3 Å². The second-order valence-electron chi connectivity index (χ2n) is 6.76. The number of oxazole rings is 1. The highest BCUT2D eigenvalue weighted by atomic mass is 32.1. The number of carbonyl (C=O) groups is 1. The molecule has 1 aromatic carbocycles. The first-order valence-corrected chi connectivity index (χ1v) is 10.1. The molecule has 0 amide bonds. The number of aryl methyl sites for hydroxylation is 3. The highest BCUT2D eigenvalue weighted by molar-refractivity contribution is 7.19. The Hall–Kier alpha value is -2.86. The molecule has 3 aromatic heterocycles. The van der Waals surface area contributed by atoms with Crippen LogP contribution in [-0.4, -0.2) is 22.6 Å². The number of thiophene rings is 1. The molecule has 0 spiro atoms. The smallest absolute Gasteiger partial charge is 0.354 e. The van der Waals surface area contributed by atoms with Gasteiger partial charge in [-0.25, -0.2) is 9.78 Å². The van der Waals surface area contributed by atoms with Crippen molar-refractivity contribution in [1.82, 2.24) is 9.55 Å². The van der Waals surface area contributed by atoms with E-state index in [2.05, 4.69) is 13.0 Å². The van der Waals surface area contributed by atoms with Gasteiger partial charge in [0.05, 0.1) is 23.9 Å². The molecule has 0 fully saturated rings. The second-order valence-corrected chi connectivity index (χ2v) is 7.93. The van der Waals surface area contributed by atoms with Gasteiger partial charge in [0.1, 0.15) is 17.1 Å². The van der Waals surface area contributed by atoms with Crippen molar-refractivity contribution in [3.05, 3.63) is 64.0 Å². The van der Waals surface area contributed by atoms with Crippen molar-refractivity contribution in [3.63, 3.8) is 0 Å². The zero-order valence-electron chi connectivity index (χ0n) is 16.4. The molecule has 5 nitrogen and oxygen atoms in total. The minimum absolute atomic E-state index is 0.346. The van der Waals surface area contributed by atoms with Crippen molar-refractivity contribution in [2.45, 2.75) is 33.7 Å². The summed E-state index contributed by atoms with van der Waals surface area (Å²) in [7, 11) is 1.41. The molecule has 28 heavy (non-hydrogen) atoms. The molecule has 4 aromatic rings. The maximum atomic E-state index is 12.3. The van der Waals surface area contributed by atoms with Crippen molar-refractivity contribution in [1.29, 1.82) is 0 Å². The lowest BCUT2D eigenvalue weighted by Crippen LogP contribution is -2.12. The molecule has 6 heteroatoms. The fraction of sp³-hybridized carbons (Fsp3) is 0.273. The number of hydrogen-bond acceptors (Lipinski definition) is 5. The fourth-order valence-electron chi connectivity index (χ4n) is 3.36. The molecule has 0 aliphatic rings. The molecule has 0 saturated heterocycles. The first kappa shape index (κ1) is 18.5. The number of ether oxygens (including phenoxy) is 1. The highest BCUT2D eigenvalue weighted by Gasteiger charge is 2.21. The lowest BCUT2D eigenvalue weighted by atomic mass is 10.1. The summed E-state index contributed by atoms with van der Waals surface area (Å²) in [5.41, 5.74) is 4.46. The molecule has 0 unspecified atom stereocenters. The first-order chi connectivity index (χ1) is 13.5. The Balaban J connectivity index is 1.78. The van der Waals surface area contributed by atoms with Crippen molar-refractivity contribution < 1.29 is 13.9 Å². The highest BCUT2D eigenvalue weighted by Crippen LogP contribution is 2.32. The van der Waals surface area contributed by atoms with E-state index < -0.39 is 0 Å². The Kier molecular flexibility index (Phi) is 4.81. The van der Waals surface area contributed by atoms with E-state index in [-0.39, 0.29) is 5.97 Å². The van der Waals surface area contributed by atoms with Gasteiger partial charge >= 0.3 is 5.97 Å². The number of nitrogens with zero attached hydrogens (tertiary/aromatic N) is 2. The maximum Gasteiger partial charge on any atom is 0.354 e. The summed E-state index contributed by atoms with van der Waals surface area (Å²) in [6.07, 6.45) is 0.966. The topological polar surface area (TPSA) is 57.3 Å². The van der Waals surface area contributed by atoms with Gasteiger partial charge in [-0.3, -0.25) is 0 Å². The monoisotopic (exact) mass is 394 g/mol. The summed E-state index contributed by atoms with van der Waals surface area (Å²) in [6.45, 7) is 6.53. The predicted molar refractivity (Wildman–Crippen MR) is 111 cm³/mol. The quantitative estimate of drug-likeness (QED) is 0.427. The Labute approximate surface area is 167 Å². The van der Waals surface area contributed by atoms with Crippen molar-refractivity contribution >= 4 is 27.5 Å². The zero-order valence-corrected chi connectivity index (χ0v) is 17.2. The van der Waals surface area contributed by atoms with Gasteiger partial charge in [-0.05, 0) is 44.0 Å². The number of benzene rings is 1. The molecule has 144 valence electrons. The third-order valence-electron chi connectivity index (χ3n) is 4.96. The number of esters is 1. The van der Waals surface area contributed by atoms with E-state index in [1.165, 1.54) is 12.0 Å². The molecule has 0 radical (unpaired) electrons. The van der Waals surface area contributed by atoms with Gasteiger partial charge < -0.3 is 13.7 Å². The molecular weight excluding hydrogens is 372 g/mol. The van der Waals surface area contributed by atoms with E-state index in [0.29, 0.717) is 18.1 Å². The molecular formula is C22H22N2O3S. The van der Waals surface area contributed by atoms with Crippen LogP contribution in [0.25, 0.3) is 21.7 Å². The third kappa shape index (κ3) is 3.14. The van der Waals surface area contributed by atoms with E-state index in [4.69, 9.17) is 14.1 Å². The van der Waals surface area contributed by atoms with Gasteiger partial charge in [0, 0.05) is 10.4 Å².